The van der Waals surface area contributed by atoms with Gasteiger partial charge in [-0.1, -0.05) is 23.7 Å². The molecule has 2 aromatic carbocycles. The molecule has 27 heavy (non-hydrogen) atoms. The number of carbonyl (C=O) groups excluding carboxylic acids is 1. The van der Waals surface area contributed by atoms with Gasteiger partial charge < -0.3 is 5.32 Å². The van der Waals surface area contributed by atoms with Crippen LogP contribution in [0.3, 0.4) is 0 Å². The predicted octanol–water partition coefficient (Wildman–Crippen LogP) is 4.51. The summed E-state index contributed by atoms with van der Waals surface area (Å²) in [5.41, 5.74) is 2.27. The Morgan fingerprint density at radius 2 is 1.96 bits per heavy atom. The minimum atomic E-state index is -0.354. The Hall–Kier alpha value is -2.77. The molecule has 0 aliphatic carbocycles. The number of rotatable bonds is 4. The number of hydrogen-bond acceptors (Lipinski definition) is 4. The van der Waals surface area contributed by atoms with Crippen LogP contribution in [0, 0.1) is 12.7 Å². The molecule has 2 aromatic heterocycles. The van der Waals surface area contributed by atoms with Crippen molar-refractivity contribution < 1.29 is 9.18 Å². The van der Waals surface area contributed by atoms with Crippen molar-refractivity contribution >= 4 is 39.1 Å². The zero-order valence-electron chi connectivity index (χ0n) is 14.2. The lowest BCUT2D eigenvalue weighted by atomic mass is 10.2. The van der Waals surface area contributed by atoms with Crippen LogP contribution < -0.4 is 5.32 Å². The molecule has 0 spiro atoms. The van der Waals surface area contributed by atoms with Crippen LogP contribution in [0.25, 0.3) is 15.9 Å². The predicted molar refractivity (Wildman–Crippen MR) is 104 cm³/mol. The molecule has 2 heterocycles. The average molecular weight is 401 g/mol. The minimum absolute atomic E-state index is 0.181. The van der Waals surface area contributed by atoms with Crippen molar-refractivity contribution in [3.05, 3.63) is 75.8 Å². The number of fused-ring (bicyclic) bond motifs is 1. The van der Waals surface area contributed by atoms with Crippen LogP contribution in [0.15, 0.2) is 48.5 Å². The number of nitrogens with zero attached hydrogens (tertiary/aromatic N) is 3. The zero-order valence-corrected chi connectivity index (χ0v) is 15.8. The van der Waals surface area contributed by atoms with Gasteiger partial charge >= 0.3 is 0 Å². The Morgan fingerprint density at radius 1 is 1.22 bits per heavy atom. The van der Waals surface area contributed by atoms with Crippen molar-refractivity contribution in [3.8, 4) is 5.69 Å². The van der Waals surface area contributed by atoms with Crippen molar-refractivity contribution in [2.75, 3.05) is 0 Å². The summed E-state index contributed by atoms with van der Waals surface area (Å²) in [7, 11) is 0. The number of nitrogens with one attached hydrogen (secondary N) is 1. The van der Waals surface area contributed by atoms with E-state index in [1.165, 1.54) is 28.2 Å². The fourth-order valence-corrected chi connectivity index (χ4v) is 4.02. The van der Waals surface area contributed by atoms with Gasteiger partial charge in [0.2, 0.25) is 0 Å². The minimum Gasteiger partial charge on any atom is -0.345 e. The fraction of sp³-hybridized carbons (Fsp3) is 0.105. The van der Waals surface area contributed by atoms with Crippen LogP contribution in [0.1, 0.15) is 21.1 Å². The SMILES string of the molecule is Cc1nn(-c2ccc(F)cc2)c(Cl)c1C(=O)NCc1nc2ccccc2s1. The summed E-state index contributed by atoms with van der Waals surface area (Å²) in [4.78, 5) is 17.1. The topological polar surface area (TPSA) is 59.8 Å². The van der Waals surface area contributed by atoms with E-state index in [0.29, 0.717) is 23.5 Å². The molecule has 0 aliphatic heterocycles. The molecule has 0 saturated heterocycles. The molecule has 4 rings (SSSR count). The van der Waals surface area contributed by atoms with Crippen molar-refractivity contribution in [2.45, 2.75) is 13.5 Å². The number of thiazole rings is 1. The molecule has 0 fully saturated rings. The maximum absolute atomic E-state index is 13.1. The van der Waals surface area contributed by atoms with E-state index in [4.69, 9.17) is 11.6 Å². The Kier molecular flexibility index (Phi) is 4.63. The Labute approximate surface area is 163 Å². The summed E-state index contributed by atoms with van der Waals surface area (Å²) in [5, 5.41) is 8.14. The summed E-state index contributed by atoms with van der Waals surface area (Å²) >= 11 is 7.91. The van der Waals surface area contributed by atoms with E-state index in [1.54, 1.807) is 19.1 Å². The summed E-state index contributed by atoms with van der Waals surface area (Å²) in [5.74, 6) is -0.683. The van der Waals surface area contributed by atoms with Gasteiger partial charge in [-0.15, -0.1) is 11.3 Å². The van der Waals surface area contributed by atoms with Gasteiger partial charge in [-0.3, -0.25) is 4.79 Å². The first-order valence-corrected chi connectivity index (χ1v) is 9.36. The van der Waals surface area contributed by atoms with E-state index in [9.17, 15) is 9.18 Å². The smallest absolute Gasteiger partial charge is 0.256 e. The number of aromatic nitrogens is 3. The Balaban J connectivity index is 1.55. The van der Waals surface area contributed by atoms with Crippen LogP contribution in [-0.4, -0.2) is 20.7 Å². The molecule has 136 valence electrons. The second-order valence-corrected chi connectivity index (χ2v) is 7.37. The number of para-hydroxylation sites is 1. The molecular formula is C19H14ClFN4OS. The number of aryl methyl sites for hydroxylation is 1. The quantitative estimate of drug-likeness (QED) is 0.548. The molecule has 0 bridgehead atoms. The van der Waals surface area contributed by atoms with Crippen LogP contribution >= 0.6 is 22.9 Å². The molecule has 0 saturated carbocycles. The molecule has 1 N–H and O–H groups in total. The number of hydrogen-bond donors (Lipinski definition) is 1. The van der Waals surface area contributed by atoms with E-state index >= 15 is 0 Å². The van der Waals surface area contributed by atoms with Gasteiger partial charge in [-0.2, -0.15) is 5.10 Å². The van der Waals surface area contributed by atoms with Gasteiger partial charge in [0.05, 0.1) is 33.7 Å². The zero-order chi connectivity index (χ0) is 19.0. The number of benzene rings is 2. The van der Waals surface area contributed by atoms with E-state index in [2.05, 4.69) is 15.4 Å². The molecule has 1 amide bonds. The number of halogens is 2. The van der Waals surface area contributed by atoms with E-state index in [0.717, 1.165) is 15.2 Å². The van der Waals surface area contributed by atoms with Gasteiger partial charge in [-0.25, -0.2) is 14.1 Å². The van der Waals surface area contributed by atoms with Crippen LogP contribution in [0.2, 0.25) is 5.15 Å². The van der Waals surface area contributed by atoms with E-state index < -0.39 is 0 Å². The molecule has 0 atom stereocenters. The third kappa shape index (κ3) is 3.43. The Morgan fingerprint density at radius 3 is 2.70 bits per heavy atom. The maximum atomic E-state index is 13.1. The first kappa shape index (κ1) is 17.6. The monoisotopic (exact) mass is 400 g/mol. The van der Waals surface area contributed by atoms with Crippen LogP contribution in [-0.2, 0) is 6.54 Å². The molecule has 8 heteroatoms. The first-order chi connectivity index (χ1) is 13.0. The number of amides is 1. The van der Waals surface area contributed by atoms with Crippen molar-refractivity contribution in [3.63, 3.8) is 0 Å². The summed E-state index contributed by atoms with van der Waals surface area (Å²) < 4.78 is 15.6. The number of carbonyl (C=O) groups is 1. The third-order valence-corrected chi connectivity index (χ3v) is 5.43. The molecule has 4 aromatic rings. The van der Waals surface area contributed by atoms with E-state index in [-0.39, 0.29) is 16.9 Å². The summed E-state index contributed by atoms with van der Waals surface area (Å²) in [6.45, 7) is 2.01. The largest absolute Gasteiger partial charge is 0.345 e. The van der Waals surface area contributed by atoms with Crippen LogP contribution in [0.5, 0.6) is 0 Å². The fourth-order valence-electron chi connectivity index (χ4n) is 2.75. The normalized spacial score (nSPS) is 11.1. The lowest BCUT2D eigenvalue weighted by Crippen LogP contribution is -2.23. The second kappa shape index (κ2) is 7.09. The highest BCUT2D eigenvalue weighted by Crippen LogP contribution is 2.25. The Bertz CT molecular complexity index is 1100. The van der Waals surface area contributed by atoms with Crippen molar-refractivity contribution in [2.24, 2.45) is 0 Å². The van der Waals surface area contributed by atoms with Gasteiger partial charge in [-0.05, 0) is 43.3 Å². The maximum Gasteiger partial charge on any atom is 0.256 e. The molecule has 0 unspecified atom stereocenters. The highest BCUT2D eigenvalue weighted by atomic mass is 35.5. The van der Waals surface area contributed by atoms with Gasteiger partial charge in [0.1, 0.15) is 16.0 Å². The van der Waals surface area contributed by atoms with Gasteiger partial charge in [0.15, 0.2) is 0 Å². The average Bonchev–Trinajstić information content (AvgIpc) is 3.20. The van der Waals surface area contributed by atoms with E-state index in [1.807, 2.05) is 24.3 Å². The molecular weight excluding hydrogens is 387 g/mol. The standard InChI is InChI=1S/C19H14ClFN4OS/c1-11-17(18(20)25(24-11)13-8-6-12(21)7-9-13)19(26)22-10-16-23-14-4-2-3-5-15(14)27-16/h2-9H,10H2,1H3,(H,22,26). The molecule has 5 nitrogen and oxygen atoms in total. The van der Waals surface area contributed by atoms with Crippen LogP contribution in [0.4, 0.5) is 4.39 Å². The highest BCUT2D eigenvalue weighted by molar-refractivity contribution is 7.18. The van der Waals surface area contributed by atoms with Gasteiger partial charge in [0, 0.05) is 0 Å². The van der Waals surface area contributed by atoms with Crippen molar-refractivity contribution in [1.82, 2.24) is 20.1 Å². The lowest BCUT2D eigenvalue weighted by Gasteiger charge is -2.04. The first-order valence-electron chi connectivity index (χ1n) is 8.16. The molecule has 0 aliphatic rings. The van der Waals surface area contributed by atoms with Gasteiger partial charge in [0.25, 0.3) is 5.91 Å². The third-order valence-electron chi connectivity index (χ3n) is 4.04. The summed E-state index contributed by atoms with van der Waals surface area (Å²) in [6, 6.07) is 13.5. The lowest BCUT2D eigenvalue weighted by molar-refractivity contribution is 0.0950. The summed E-state index contributed by atoms with van der Waals surface area (Å²) in [6.07, 6.45) is 0. The second-order valence-electron chi connectivity index (χ2n) is 5.90. The van der Waals surface area contributed by atoms with Crippen molar-refractivity contribution in [1.29, 1.82) is 0 Å². The highest BCUT2D eigenvalue weighted by Gasteiger charge is 2.21. The molecule has 0 radical (unpaired) electrons.